The summed E-state index contributed by atoms with van der Waals surface area (Å²) >= 11 is 2.27. The molecule has 0 radical (unpaired) electrons. The summed E-state index contributed by atoms with van der Waals surface area (Å²) in [6.45, 7) is 3.66. The summed E-state index contributed by atoms with van der Waals surface area (Å²) in [6, 6.07) is 22.6. The van der Waals surface area contributed by atoms with Crippen LogP contribution in [0, 0.1) is 19.8 Å². The normalized spacial score (nSPS) is 19.4. The van der Waals surface area contributed by atoms with Crippen molar-refractivity contribution in [1.29, 1.82) is 0 Å². The Hall–Kier alpha value is -4.15. The molecule has 8 nitrogen and oxygen atoms in total. The smallest absolute Gasteiger partial charge is 0.308 e. The molecule has 42 heavy (non-hydrogen) atoms. The number of rotatable bonds is 6. The van der Waals surface area contributed by atoms with E-state index in [2.05, 4.69) is 5.32 Å². The molecule has 6 rings (SSSR count). The Morgan fingerprint density at radius 1 is 0.905 bits per heavy atom. The molecule has 3 aromatic carbocycles. The number of fused-ring (bicyclic) bond motifs is 2. The van der Waals surface area contributed by atoms with Crippen molar-refractivity contribution in [1.82, 2.24) is 4.57 Å². The van der Waals surface area contributed by atoms with Crippen LogP contribution < -0.4 is 20.0 Å². The van der Waals surface area contributed by atoms with E-state index in [0.717, 1.165) is 33.7 Å². The van der Waals surface area contributed by atoms with E-state index in [0.29, 0.717) is 21.3 Å². The van der Waals surface area contributed by atoms with Crippen molar-refractivity contribution < 1.29 is 14.4 Å². The second-order valence-electron chi connectivity index (χ2n) is 10.9. The number of carbonyl (C=O) groups excluding carboxylic acids is 3. The number of nitrogens with one attached hydrogen (secondary N) is 1. The molecule has 0 bridgehead atoms. The number of hydrogen-bond donors (Lipinski definition) is 1. The number of aromatic nitrogens is 1. The molecule has 1 N–H and O–H groups in total. The number of carbonyl (C=O) groups is 3. The summed E-state index contributed by atoms with van der Waals surface area (Å²) in [7, 11) is 3.90. The van der Waals surface area contributed by atoms with E-state index >= 15 is 0 Å². The number of thiazole rings is 1. The van der Waals surface area contributed by atoms with Crippen LogP contribution in [-0.2, 0) is 20.9 Å². The van der Waals surface area contributed by atoms with Crippen LogP contribution >= 0.6 is 23.1 Å². The molecule has 3 heterocycles. The third-order valence-electron chi connectivity index (χ3n) is 7.83. The molecule has 1 fully saturated rings. The number of thioether (sulfide) groups is 1. The van der Waals surface area contributed by atoms with Crippen LogP contribution in [0.5, 0.6) is 0 Å². The minimum atomic E-state index is -0.732. The zero-order valence-electron chi connectivity index (χ0n) is 23.7. The fourth-order valence-electron chi connectivity index (χ4n) is 5.59. The molecule has 10 heteroatoms. The largest absolute Gasteiger partial charge is 0.378 e. The van der Waals surface area contributed by atoms with Gasteiger partial charge in [-0.25, -0.2) is 4.90 Å². The second kappa shape index (κ2) is 10.9. The number of para-hydroxylation sites is 1. The number of benzene rings is 3. The van der Waals surface area contributed by atoms with E-state index < -0.39 is 17.1 Å². The zero-order chi connectivity index (χ0) is 29.7. The number of aryl methyl sites for hydroxylation is 2. The Balaban J connectivity index is 1.42. The van der Waals surface area contributed by atoms with Crippen molar-refractivity contribution in [3.63, 3.8) is 0 Å². The average molecular weight is 599 g/mol. The summed E-state index contributed by atoms with van der Waals surface area (Å²) in [4.78, 5) is 58.1. The van der Waals surface area contributed by atoms with Gasteiger partial charge in [0.05, 0.1) is 16.6 Å². The Morgan fingerprint density at radius 3 is 2.26 bits per heavy atom. The van der Waals surface area contributed by atoms with Crippen LogP contribution in [0.4, 0.5) is 17.1 Å². The van der Waals surface area contributed by atoms with Crippen LogP contribution in [0.3, 0.4) is 0 Å². The number of amides is 3. The molecular weight excluding hydrogens is 569 g/mol. The van der Waals surface area contributed by atoms with Crippen LogP contribution in [0.2, 0.25) is 0 Å². The van der Waals surface area contributed by atoms with Crippen molar-refractivity contribution in [2.24, 2.45) is 5.92 Å². The van der Waals surface area contributed by atoms with Gasteiger partial charge in [0.15, 0.2) is 0 Å². The summed E-state index contributed by atoms with van der Waals surface area (Å²) in [6.07, 6.45) is 0. The average Bonchev–Trinajstić information content (AvgIpc) is 3.41. The van der Waals surface area contributed by atoms with Crippen molar-refractivity contribution in [3.05, 3.63) is 104 Å². The van der Waals surface area contributed by atoms with Crippen molar-refractivity contribution >= 4 is 57.9 Å². The van der Waals surface area contributed by atoms with Crippen LogP contribution in [0.25, 0.3) is 0 Å². The first kappa shape index (κ1) is 28.0. The number of nitrogens with zero attached hydrogens (tertiary/aromatic N) is 3. The van der Waals surface area contributed by atoms with E-state index in [1.165, 1.54) is 21.2 Å². The lowest BCUT2D eigenvalue weighted by molar-refractivity contribution is -0.122. The van der Waals surface area contributed by atoms with Crippen molar-refractivity contribution in [2.75, 3.05) is 29.2 Å². The lowest BCUT2D eigenvalue weighted by atomic mass is 9.83. The molecule has 3 amide bonds. The third-order valence-corrected chi connectivity index (χ3v) is 10.4. The molecule has 214 valence electrons. The maximum absolute atomic E-state index is 14.0. The Bertz CT molecular complexity index is 1760. The molecular formula is C32H30N4O4S2. The Kier molecular flexibility index (Phi) is 7.28. The predicted octanol–water partition coefficient (Wildman–Crippen LogP) is 5.03. The molecule has 3 unspecified atom stereocenters. The minimum Gasteiger partial charge on any atom is -0.378 e. The molecule has 4 aromatic rings. The highest BCUT2D eigenvalue weighted by atomic mass is 32.2. The molecule has 2 aliphatic rings. The lowest BCUT2D eigenvalue weighted by Gasteiger charge is -2.31. The van der Waals surface area contributed by atoms with Crippen LogP contribution in [-0.4, -0.2) is 41.6 Å². The summed E-state index contributed by atoms with van der Waals surface area (Å²) in [5.74, 6) is -2.12. The van der Waals surface area contributed by atoms with Gasteiger partial charge >= 0.3 is 4.87 Å². The second-order valence-corrected chi connectivity index (χ2v) is 13.0. The monoisotopic (exact) mass is 598 g/mol. The van der Waals surface area contributed by atoms with E-state index in [1.807, 2.05) is 93.5 Å². The number of anilines is 3. The van der Waals surface area contributed by atoms with E-state index in [1.54, 1.807) is 12.1 Å². The van der Waals surface area contributed by atoms with Gasteiger partial charge in [-0.3, -0.25) is 23.7 Å². The van der Waals surface area contributed by atoms with Gasteiger partial charge in [-0.15, -0.1) is 0 Å². The van der Waals surface area contributed by atoms with E-state index in [9.17, 15) is 19.2 Å². The maximum atomic E-state index is 14.0. The first-order valence-electron chi connectivity index (χ1n) is 13.6. The van der Waals surface area contributed by atoms with Crippen molar-refractivity contribution in [3.8, 4) is 0 Å². The van der Waals surface area contributed by atoms with Gasteiger partial charge in [-0.2, -0.15) is 0 Å². The highest BCUT2D eigenvalue weighted by molar-refractivity contribution is 8.00. The summed E-state index contributed by atoms with van der Waals surface area (Å²) in [5.41, 5.74) is 4.99. The predicted molar refractivity (Wildman–Crippen MR) is 168 cm³/mol. The van der Waals surface area contributed by atoms with Crippen LogP contribution in [0.1, 0.15) is 27.5 Å². The Morgan fingerprint density at radius 2 is 1.60 bits per heavy atom. The van der Waals surface area contributed by atoms with Gasteiger partial charge in [0.1, 0.15) is 11.8 Å². The standard InChI is InChI=1S/C32H30N4O4S2/c1-18-9-13-22(14-10-18)36-29(38)26-25(20-11-15-21(16-12-20)34(3)4)28-31(41-27(26)30(36)39)35(32(40)42-28)17-24(37)33-23-8-6-5-7-19(23)2/h5-16,25-27H,17H2,1-4H3,(H,33,37). The van der Waals surface area contributed by atoms with Gasteiger partial charge in [0.2, 0.25) is 17.7 Å². The fourth-order valence-corrected chi connectivity index (χ4v) is 8.36. The van der Waals surface area contributed by atoms with Crippen molar-refractivity contribution in [2.45, 2.75) is 36.6 Å². The van der Waals surface area contributed by atoms with Gasteiger partial charge < -0.3 is 10.2 Å². The SMILES string of the molecule is Cc1ccc(N2C(=O)C3Sc4c(sc(=O)n4CC(=O)Nc4ccccc4C)C(c4ccc(N(C)C)cc4)C3C2=O)cc1. The first-order chi connectivity index (χ1) is 20.1. The molecule has 3 atom stereocenters. The topological polar surface area (TPSA) is 91.7 Å². The van der Waals surface area contributed by atoms with Gasteiger partial charge in [-0.1, -0.05) is 71.1 Å². The third kappa shape index (κ3) is 4.84. The summed E-state index contributed by atoms with van der Waals surface area (Å²) in [5, 5.41) is 2.74. The maximum Gasteiger partial charge on any atom is 0.308 e. The molecule has 0 aliphatic carbocycles. The quantitative estimate of drug-likeness (QED) is 0.313. The van der Waals surface area contributed by atoms with E-state index in [-0.39, 0.29) is 29.1 Å². The van der Waals surface area contributed by atoms with E-state index in [4.69, 9.17) is 0 Å². The highest BCUT2D eigenvalue weighted by Crippen LogP contribution is 2.54. The molecule has 0 saturated carbocycles. The molecule has 0 spiro atoms. The van der Waals surface area contributed by atoms with Gasteiger partial charge in [0.25, 0.3) is 0 Å². The first-order valence-corrected chi connectivity index (χ1v) is 15.3. The molecule has 1 aromatic heterocycles. The van der Waals surface area contributed by atoms with Gasteiger partial charge in [0, 0.05) is 36.3 Å². The Labute approximate surface area is 252 Å². The van der Waals surface area contributed by atoms with Gasteiger partial charge in [-0.05, 0) is 55.3 Å². The zero-order valence-corrected chi connectivity index (χ0v) is 25.3. The molecule has 2 aliphatic heterocycles. The highest BCUT2D eigenvalue weighted by Gasteiger charge is 2.56. The number of hydrogen-bond acceptors (Lipinski definition) is 7. The summed E-state index contributed by atoms with van der Waals surface area (Å²) < 4.78 is 1.45. The number of imide groups is 1. The minimum absolute atomic E-state index is 0.195. The fraction of sp³-hybridized carbons (Fsp3) is 0.250. The lowest BCUT2D eigenvalue weighted by Crippen LogP contribution is -2.33. The molecule has 1 saturated heterocycles. The van der Waals surface area contributed by atoms with Crippen LogP contribution in [0.15, 0.2) is 82.6 Å².